The van der Waals surface area contributed by atoms with Crippen LogP contribution < -0.4 is 5.43 Å². The largest absolute Gasteiger partial charge is 0.279 e. The summed E-state index contributed by atoms with van der Waals surface area (Å²) in [7, 11) is 0. The van der Waals surface area contributed by atoms with Crippen molar-refractivity contribution in [3.8, 4) is 0 Å². The predicted molar refractivity (Wildman–Crippen MR) is 107 cm³/mol. The second kappa shape index (κ2) is 8.82. The molecule has 5 nitrogen and oxygen atoms in total. The number of hydrogen-bond acceptors (Lipinski definition) is 5. The Morgan fingerprint density at radius 3 is 2.38 bits per heavy atom. The summed E-state index contributed by atoms with van der Waals surface area (Å²) >= 11 is 1.63. The second-order valence-corrected chi connectivity index (χ2v) is 6.51. The van der Waals surface area contributed by atoms with Gasteiger partial charge in [-0.2, -0.15) is 5.10 Å². The standard InChI is InChI=1S/C20H17N3O2S/c24-23(25)19-11-12-20(26-15-16-7-3-1-4-8-16)17(13-19)14-21-22-18-9-5-2-6-10-18/h1-14,22H,15H2. The normalized spacial score (nSPS) is 10.8. The molecular weight excluding hydrogens is 346 g/mol. The van der Waals surface area contributed by atoms with E-state index in [1.165, 1.54) is 11.6 Å². The molecule has 0 aliphatic carbocycles. The molecule has 0 aliphatic rings. The van der Waals surface area contributed by atoms with Crippen molar-refractivity contribution in [3.63, 3.8) is 0 Å². The molecule has 0 amide bonds. The Balaban J connectivity index is 1.78. The van der Waals surface area contributed by atoms with Crippen LogP contribution in [0.2, 0.25) is 0 Å². The molecule has 0 aliphatic heterocycles. The maximum atomic E-state index is 11.1. The number of hydrazone groups is 1. The van der Waals surface area contributed by atoms with E-state index in [0.717, 1.165) is 16.3 Å². The smallest absolute Gasteiger partial charge is 0.270 e. The number of para-hydroxylation sites is 1. The third kappa shape index (κ3) is 4.94. The summed E-state index contributed by atoms with van der Waals surface area (Å²) in [5.74, 6) is 0.783. The Labute approximate surface area is 155 Å². The van der Waals surface area contributed by atoms with Crippen molar-refractivity contribution in [3.05, 3.63) is 100 Å². The van der Waals surface area contributed by atoms with Gasteiger partial charge in [0.1, 0.15) is 0 Å². The number of benzene rings is 3. The molecule has 0 saturated heterocycles. The molecule has 3 rings (SSSR count). The van der Waals surface area contributed by atoms with Crippen LogP contribution in [0.5, 0.6) is 0 Å². The van der Waals surface area contributed by atoms with Gasteiger partial charge in [0.2, 0.25) is 0 Å². The van der Waals surface area contributed by atoms with Crippen LogP contribution in [-0.2, 0) is 5.75 Å². The maximum Gasteiger partial charge on any atom is 0.270 e. The monoisotopic (exact) mass is 363 g/mol. The average molecular weight is 363 g/mol. The zero-order chi connectivity index (χ0) is 18.2. The summed E-state index contributed by atoms with van der Waals surface area (Å²) in [6.45, 7) is 0. The predicted octanol–water partition coefficient (Wildman–Crippen LogP) is 5.33. The number of nitro benzene ring substituents is 1. The summed E-state index contributed by atoms with van der Waals surface area (Å²) in [5, 5.41) is 15.3. The fourth-order valence-corrected chi connectivity index (χ4v) is 3.26. The van der Waals surface area contributed by atoms with E-state index in [9.17, 15) is 10.1 Å². The number of rotatable bonds is 7. The Kier molecular flexibility index (Phi) is 6.01. The first-order valence-electron chi connectivity index (χ1n) is 8.01. The van der Waals surface area contributed by atoms with Crippen molar-refractivity contribution in [2.24, 2.45) is 5.10 Å². The molecule has 6 heteroatoms. The average Bonchev–Trinajstić information content (AvgIpc) is 2.68. The van der Waals surface area contributed by atoms with Crippen molar-refractivity contribution in [1.82, 2.24) is 0 Å². The molecule has 26 heavy (non-hydrogen) atoms. The molecule has 0 spiro atoms. The van der Waals surface area contributed by atoms with Crippen LogP contribution in [0.15, 0.2) is 88.9 Å². The summed E-state index contributed by atoms with van der Waals surface area (Å²) in [5.41, 5.74) is 5.75. The van der Waals surface area contributed by atoms with E-state index in [1.807, 2.05) is 48.5 Å². The Morgan fingerprint density at radius 1 is 1.00 bits per heavy atom. The fraction of sp³-hybridized carbons (Fsp3) is 0.0500. The lowest BCUT2D eigenvalue weighted by atomic mass is 10.2. The Hall–Kier alpha value is -3.12. The second-order valence-electron chi connectivity index (χ2n) is 5.49. The van der Waals surface area contributed by atoms with Crippen molar-refractivity contribution < 1.29 is 4.92 Å². The fourth-order valence-electron chi connectivity index (χ4n) is 2.31. The molecule has 0 aromatic heterocycles. The van der Waals surface area contributed by atoms with Gasteiger partial charge in [-0.15, -0.1) is 11.8 Å². The number of hydrogen-bond donors (Lipinski definition) is 1. The first kappa shape index (κ1) is 17.7. The first-order chi connectivity index (χ1) is 12.7. The van der Waals surface area contributed by atoms with E-state index in [2.05, 4.69) is 22.7 Å². The van der Waals surface area contributed by atoms with Crippen molar-refractivity contribution >= 4 is 29.4 Å². The van der Waals surface area contributed by atoms with E-state index in [4.69, 9.17) is 0 Å². The highest BCUT2D eigenvalue weighted by atomic mass is 32.2. The van der Waals surface area contributed by atoms with Crippen LogP contribution in [-0.4, -0.2) is 11.1 Å². The third-order valence-corrected chi connectivity index (χ3v) is 4.77. The molecule has 0 heterocycles. The molecule has 0 bridgehead atoms. The van der Waals surface area contributed by atoms with Gasteiger partial charge in [0.15, 0.2) is 0 Å². The van der Waals surface area contributed by atoms with Gasteiger partial charge >= 0.3 is 0 Å². The van der Waals surface area contributed by atoms with E-state index >= 15 is 0 Å². The van der Waals surface area contributed by atoms with Crippen LogP contribution in [0.4, 0.5) is 11.4 Å². The van der Waals surface area contributed by atoms with E-state index in [0.29, 0.717) is 5.56 Å². The molecule has 1 N–H and O–H groups in total. The minimum atomic E-state index is -0.395. The highest BCUT2D eigenvalue weighted by Gasteiger charge is 2.10. The molecular formula is C20H17N3O2S. The number of nitrogens with zero attached hydrogens (tertiary/aromatic N) is 2. The minimum Gasteiger partial charge on any atom is -0.279 e. The van der Waals surface area contributed by atoms with Crippen LogP contribution in [0.1, 0.15) is 11.1 Å². The molecule has 130 valence electrons. The maximum absolute atomic E-state index is 11.1. The topological polar surface area (TPSA) is 67.5 Å². The van der Waals surface area contributed by atoms with Crippen LogP contribution in [0.3, 0.4) is 0 Å². The van der Waals surface area contributed by atoms with E-state index in [-0.39, 0.29) is 5.69 Å². The van der Waals surface area contributed by atoms with Crippen molar-refractivity contribution in [2.45, 2.75) is 10.6 Å². The lowest BCUT2D eigenvalue weighted by molar-refractivity contribution is -0.384. The van der Waals surface area contributed by atoms with Gasteiger partial charge in [0.05, 0.1) is 16.8 Å². The number of non-ortho nitro benzene ring substituents is 1. The summed E-state index contributed by atoms with van der Waals surface area (Å²) in [4.78, 5) is 11.6. The number of nitro groups is 1. The van der Waals surface area contributed by atoms with E-state index < -0.39 is 4.92 Å². The number of nitrogens with one attached hydrogen (secondary N) is 1. The summed E-state index contributed by atoms with van der Waals surface area (Å²) in [6, 6.07) is 24.5. The van der Waals surface area contributed by atoms with Gasteiger partial charge in [0.25, 0.3) is 5.69 Å². The molecule has 0 unspecified atom stereocenters. The SMILES string of the molecule is O=[N+]([O-])c1ccc(SCc2ccccc2)c(C=NNc2ccccc2)c1. The first-order valence-corrected chi connectivity index (χ1v) is 9.00. The van der Waals surface area contributed by atoms with Crippen LogP contribution in [0.25, 0.3) is 0 Å². The van der Waals surface area contributed by atoms with Gasteiger partial charge in [-0.25, -0.2) is 0 Å². The Morgan fingerprint density at radius 2 is 1.69 bits per heavy atom. The van der Waals surface area contributed by atoms with Gasteiger partial charge in [-0.3, -0.25) is 15.5 Å². The van der Waals surface area contributed by atoms with Gasteiger partial charge < -0.3 is 0 Å². The number of thioether (sulfide) groups is 1. The van der Waals surface area contributed by atoms with E-state index in [1.54, 1.807) is 30.1 Å². The van der Waals surface area contributed by atoms with Crippen LogP contribution >= 0.6 is 11.8 Å². The lowest BCUT2D eigenvalue weighted by Crippen LogP contribution is -1.95. The van der Waals surface area contributed by atoms with Crippen LogP contribution in [0, 0.1) is 10.1 Å². The zero-order valence-corrected chi connectivity index (χ0v) is 14.7. The van der Waals surface area contributed by atoms with Gasteiger partial charge in [0, 0.05) is 28.3 Å². The minimum absolute atomic E-state index is 0.0511. The number of anilines is 1. The molecule has 0 fully saturated rings. The Bertz CT molecular complexity index is 899. The molecule has 0 saturated carbocycles. The lowest BCUT2D eigenvalue weighted by Gasteiger charge is -2.06. The molecule has 3 aromatic carbocycles. The quantitative estimate of drug-likeness (QED) is 0.266. The highest BCUT2D eigenvalue weighted by Crippen LogP contribution is 2.28. The van der Waals surface area contributed by atoms with Crippen molar-refractivity contribution in [2.75, 3.05) is 5.43 Å². The third-order valence-electron chi connectivity index (χ3n) is 3.61. The molecule has 0 atom stereocenters. The molecule has 0 radical (unpaired) electrons. The zero-order valence-electron chi connectivity index (χ0n) is 13.9. The van der Waals surface area contributed by atoms with Gasteiger partial charge in [-0.1, -0.05) is 48.5 Å². The van der Waals surface area contributed by atoms with Crippen molar-refractivity contribution in [1.29, 1.82) is 0 Å². The highest BCUT2D eigenvalue weighted by molar-refractivity contribution is 7.98. The summed E-state index contributed by atoms with van der Waals surface area (Å²) in [6.07, 6.45) is 1.62. The summed E-state index contributed by atoms with van der Waals surface area (Å²) < 4.78 is 0. The van der Waals surface area contributed by atoms with Gasteiger partial charge in [-0.05, 0) is 23.8 Å². The molecule has 3 aromatic rings.